The minimum Gasteiger partial charge on any atom is -0.493 e. The Morgan fingerprint density at radius 1 is 1.12 bits per heavy atom. The Morgan fingerprint density at radius 2 is 1.91 bits per heavy atom. The number of aryl methyl sites for hydroxylation is 1. The van der Waals surface area contributed by atoms with Crippen molar-refractivity contribution in [1.29, 1.82) is 0 Å². The summed E-state index contributed by atoms with van der Waals surface area (Å²) in [6.07, 6.45) is 7.73. The first kappa shape index (κ1) is 24.5. The number of rotatable bonds is 11. The molecule has 0 fully saturated rings. The van der Waals surface area contributed by atoms with Gasteiger partial charge in [-0.3, -0.25) is 10.1 Å². The number of carbonyl (C=O) groups is 1. The van der Waals surface area contributed by atoms with Gasteiger partial charge in [0.05, 0.1) is 19.4 Å². The van der Waals surface area contributed by atoms with Crippen molar-refractivity contribution in [2.24, 2.45) is 0 Å². The maximum absolute atomic E-state index is 13.2. The normalized spacial score (nSPS) is 11.0. The van der Waals surface area contributed by atoms with E-state index in [-0.39, 0.29) is 11.7 Å². The maximum Gasteiger partial charge on any atom is 0.250 e. The number of nitrogens with zero attached hydrogens (tertiary/aromatic N) is 1. The van der Waals surface area contributed by atoms with Gasteiger partial charge in [0.1, 0.15) is 5.82 Å². The maximum atomic E-state index is 13.2. The number of unbranched alkanes of at least 4 members (excludes halogenated alkanes) is 3. The Balaban J connectivity index is 1.60. The van der Waals surface area contributed by atoms with Crippen molar-refractivity contribution in [3.8, 4) is 22.8 Å². The van der Waals surface area contributed by atoms with E-state index in [0.29, 0.717) is 23.2 Å². The number of thiazole rings is 1. The first-order valence-corrected chi connectivity index (χ1v) is 11.8. The minimum atomic E-state index is -0.298. The number of anilines is 1. The van der Waals surface area contributed by atoms with Crippen molar-refractivity contribution in [2.75, 3.05) is 19.0 Å². The first-order chi connectivity index (χ1) is 16.0. The lowest BCUT2D eigenvalue weighted by Crippen LogP contribution is -2.07. The third-order valence-electron chi connectivity index (χ3n) is 5.01. The number of carbonyl (C=O) groups excluding carboxylic acids is 1. The topological polar surface area (TPSA) is 60.5 Å². The molecule has 1 amide bonds. The van der Waals surface area contributed by atoms with Crippen molar-refractivity contribution < 1.29 is 18.7 Å². The zero-order chi connectivity index (χ0) is 23.6. The third kappa shape index (κ3) is 7.15. The molecule has 0 aliphatic rings. The molecule has 1 N–H and O–H groups in total. The Hall–Kier alpha value is -3.19. The fourth-order valence-corrected chi connectivity index (χ4v) is 4.10. The number of benzene rings is 2. The Kier molecular flexibility index (Phi) is 9.01. The molecule has 0 aliphatic heterocycles. The van der Waals surface area contributed by atoms with Crippen LogP contribution in [0.1, 0.15) is 43.0 Å². The highest BCUT2D eigenvalue weighted by molar-refractivity contribution is 7.16. The predicted octanol–water partition coefficient (Wildman–Crippen LogP) is 6.88. The number of amides is 1. The van der Waals surface area contributed by atoms with Gasteiger partial charge < -0.3 is 9.47 Å². The van der Waals surface area contributed by atoms with E-state index in [2.05, 4.69) is 17.2 Å². The molecule has 0 aliphatic carbocycles. The highest BCUT2D eigenvalue weighted by Gasteiger charge is 2.11. The molecule has 3 rings (SSSR count). The number of ether oxygens (including phenoxy) is 2. The van der Waals surface area contributed by atoms with Crippen LogP contribution in [-0.2, 0) is 4.79 Å². The number of methoxy groups -OCH3 is 1. The molecule has 1 aromatic heterocycles. The molecule has 5 nitrogen and oxygen atoms in total. The summed E-state index contributed by atoms with van der Waals surface area (Å²) >= 11 is 1.38. The van der Waals surface area contributed by atoms with Crippen molar-refractivity contribution in [2.45, 2.75) is 39.5 Å². The minimum absolute atomic E-state index is 0.287. The van der Waals surface area contributed by atoms with Crippen LogP contribution in [0.15, 0.2) is 48.5 Å². The molecule has 7 heteroatoms. The van der Waals surface area contributed by atoms with E-state index < -0.39 is 0 Å². The number of nitrogens with one attached hydrogen (secondary N) is 1. The van der Waals surface area contributed by atoms with Crippen LogP contribution in [0, 0.1) is 12.7 Å². The largest absolute Gasteiger partial charge is 0.493 e. The summed E-state index contributed by atoms with van der Waals surface area (Å²) in [4.78, 5) is 17.8. The lowest BCUT2D eigenvalue weighted by molar-refractivity contribution is -0.111. The Bertz CT molecular complexity index is 1090. The molecule has 0 bridgehead atoms. The SMILES string of the molecule is CCCCCCOc1ccc(/C=C/C(=O)Nc2nc(-c3ccc(F)cc3)c(C)s2)cc1OC. The average Bonchev–Trinajstić information content (AvgIpc) is 3.18. The van der Waals surface area contributed by atoms with Gasteiger partial charge in [0, 0.05) is 16.5 Å². The Labute approximate surface area is 198 Å². The summed E-state index contributed by atoms with van der Waals surface area (Å²) in [6.45, 7) is 4.75. The highest BCUT2D eigenvalue weighted by Crippen LogP contribution is 2.31. The molecule has 0 spiro atoms. The van der Waals surface area contributed by atoms with Gasteiger partial charge >= 0.3 is 0 Å². The second-order valence-electron chi connectivity index (χ2n) is 7.57. The van der Waals surface area contributed by atoms with Crippen LogP contribution in [0.3, 0.4) is 0 Å². The summed E-state index contributed by atoms with van der Waals surface area (Å²) in [5.41, 5.74) is 2.36. The quantitative estimate of drug-likeness (QED) is 0.246. The van der Waals surface area contributed by atoms with Crippen LogP contribution in [-0.4, -0.2) is 24.6 Å². The van der Waals surface area contributed by atoms with Crippen LogP contribution in [0.25, 0.3) is 17.3 Å². The van der Waals surface area contributed by atoms with Crippen LogP contribution < -0.4 is 14.8 Å². The third-order valence-corrected chi connectivity index (χ3v) is 5.90. The summed E-state index contributed by atoms with van der Waals surface area (Å²) in [7, 11) is 1.60. The standard InChI is InChI=1S/C26H29FN2O3S/c1-4-5-6-7-16-32-22-14-8-19(17-23(22)31-3)9-15-24(30)28-26-29-25(18(2)33-26)20-10-12-21(27)13-11-20/h8-15,17H,4-7,16H2,1-3H3,(H,28,29,30)/b15-9+. The number of hydrogen-bond acceptors (Lipinski definition) is 5. The summed E-state index contributed by atoms with van der Waals surface area (Å²) in [5, 5.41) is 3.28. The van der Waals surface area contributed by atoms with E-state index in [1.54, 1.807) is 25.3 Å². The van der Waals surface area contributed by atoms with Gasteiger partial charge in [-0.05, 0) is 61.4 Å². The van der Waals surface area contributed by atoms with E-state index in [0.717, 1.165) is 34.5 Å². The van der Waals surface area contributed by atoms with Gasteiger partial charge in [0.25, 0.3) is 0 Å². The predicted molar refractivity (Wildman–Crippen MR) is 133 cm³/mol. The van der Waals surface area contributed by atoms with Crippen LogP contribution in [0.4, 0.5) is 9.52 Å². The van der Waals surface area contributed by atoms with Crippen molar-refractivity contribution in [3.63, 3.8) is 0 Å². The second kappa shape index (κ2) is 12.2. The number of halogens is 1. The first-order valence-electron chi connectivity index (χ1n) is 11.0. The summed E-state index contributed by atoms with van der Waals surface area (Å²) < 4.78 is 24.4. The summed E-state index contributed by atoms with van der Waals surface area (Å²) in [5.74, 6) is 0.743. The van der Waals surface area contributed by atoms with Crippen molar-refractivity contribution >= 4 is 28.5 Å². The average molecular weight is 469 g/mol. The zero-order valence-electron chi connectivity index (χ0n) is 19.2. The van der Waals surface area contributed by atoms with E-state index >= 15 is 0 Å². The molecule has 0 radical (unpaired) electrons. The molecule has 0 atom stereocenters. The van der Waals surface area contributed by atoms with Crippen molar-refractivity contribution in [1.82, 2.24) is 4.98 Å². The van der Waals surface area contributed by atoms with Crippen LogP contribution in [0.2, 0.25) is 0 Å². The van der Waals surface area contributed by atoms with E-state index in [4.69, 9.17) is 9.47 Å². The molecule has 3 aromatic rings. The van der Waals surface area contributed by atoms with E-state index in [1.165, 1.54) is 42.4 Å². The molecule has 0 saturated heterocycles. The lowest BCUT2D eigenvalue weighted by Gasteiger charge is -2.11. The van der Waals surface area contributed by atoms with Gasteiger partial charge in [-0.15, -0.1) is 11.3 Å². The zero-order valence-corrected chi connectivity index (χ0v) is 20.0. The van der Waals surface area contributed by atoms with Gasteiger partial charge in [-0.1, -0.05) is 32.3 Å². The monoisotopic (exact) mass is 468 g/mol. The van der Waals surface area contributed by atoms with Gasteiger partial charge in [0.15, 0.2) is 16.6 Å². The Morgan fingerprint density at radius 3 is 2.64 bits per heavy atom. The molecule has 0 saturated carbocycles. The summed E-state index contributed by atoms with van der Waals surface area (Å²) in [6, 6.07) is 11.7. The molecular formula is C26H29FN2O3S. The highest BCUT2D eigenvalue weighted by atomic mass is 32.1. The fourth-order valence-electron chi connectivity index (χ4n) is 3.26. The number of aromatic nitrogens is 1. The molecule has 1 heterocycles. The second-order valence-corrected chi connectivity index (χ2v) is 8.78. The molecular weight excluding hydrogens is 439 g/mol. The van der Waals surface area contributed by atoms with Crippen molar-refractivity contribution in [3.05, 3.63) is 64.8 Å². The molecule has 2 aromatic carbocycles. The van der Waals surface area contributed by atoms with Crippen LogP contribution >= 0.6 is 11.3 Å². The van der Waals surface area contributed by atoms with Gasteiger partial charge in [-0.2, -0.15) is 0 Å². The molecule has 33 heavy (non-hydrogen) atoms. The van der Waals surface area contributed by atoms with Crippen LogP contribution in [0.5, 0.6) is 11.5 Å². The van der Waals surface area contributed by atoms with E-state index in [1.807, 2.05) is 25.1 Å². The van der Waals surface area contributed by atoms with Gasteiger partial charge in [-0.25, -0.2) is 9.37 Å². The smallest absolute Gasteiger partial charge is 0.250 e. The lowest BCUT2D eigenvalue weighted by atomic mass is 10.1. The molecule has 174 valence electrons. The number of hydrogen-bond donors (Lipinski definition) is 1. The fraction of sp³-hybridized carbons (Fsp3) is 0.308. The van der Waals surface area contributed by atoms with E-state index in [9.17, 15) is 9.18 Å². The van der Waals surface area contributed by atoms with Gasteiger partial charge in [0.2, 0.25) is 5.91 Å². The molecule has 0 unspecified atom stereocenters.